The lowest BCUT2D eigenvalue weighted by Crippen LogP contribution is -2.18. The van der Waals surface area contributed by atoms with E-state index in [1.807, 2.05) is 0 Å². The smallest absolute Gasteiger partial charge is 0.435 e. The Labute approximate surface area is 88.7 Å². The first-order valence-corrected chi connectivity index (χ1v) is 4.30. The first-order valence-electron chi connectivity index (χ1n) is 4.30. The number of rotatable bonds is 3. The monoisotopic (exact) mass is 237 g/mol. The van der Waals surface area contributed by atoms with Crippen molar-refractivity contribution in [1.29, 1.82) is 0 Å². The van der Waals surface area contributed by atoms with Crippen molar-refractivity contribution >= 4 is 5.97 Å². The quantitative estimate of drug-likeness (QED) is 0.818. The van der Waals surface area contributed by atoms with Crippen LogP contribution in [0, 0.1) is 0 Å². The number of aryl methyl sites for hydroxylation is 1. The van der Waals surface area contributed by atoms with Crippen molar-refractivity contribution < 1.29 is 23.1 Å². The minimum atomic E-state index is -4.56. The highest BCUT2D eigenvalue weighted by atomic mass is 19.4. The van der Waals surface area contributed by atoms with E-state index in [0.29, 0.717) is 0 Å². The van der Waals surface area contributed by atoms with Crippen LogP contribution < -0.4 is 5.73 Å². The minimum absolute atomic E-state index is 0.0368. The molecule has 1 atom stereocenters. The van der Waals surface area contributed by atoms with Crippen molar-refractivity contribution in [2.45, 2.75) is 18.6 Å². The van der Waals surface area contributed by atoms with Crippen molar-refractivity contribution in [2.75, 3.05) is 0 Å². The highest BCUT2D eigenvalue weighted by Gasteiger charge is 2.35. The summed E-state index contributed by atoms with van der Waals surface area (Å²) in [5.74, 6) is -1.18. The Balaban J connectivity index is 2.98. The van der Waals surface area contributed by atoms with Gasteiger partial charge in [-0.2, -0.15) is 18.3 Å². The maximum absolute atomic E-state index is 12.3. The molecule has 0 fully saturated rings. The third-order valence-electron chi connectivity index (χ3n) is 1.98. The molecule has 8 heteroatoms. The number of alkyl halides is 3. The zero-order valence-electron chi connectivity index (χ0n) is 8.32. The standard InChI is InChI=1S/C8H10F3N3O2/c1-14-5(4(12)2-7(15)16)3-6(13-14)8(9,10)11/h3-4H,2,12H2,1H3,(H,15,16). The minimum Gasteiger partial charge on any atom is -0.481 e. The molecule has 0 aliphatic carbocycles. The van der Waals surface area contributed by atoms with Crippen LogP contribution in [-0.4, -0.2) is 20.9 Å². The van der Waals surface area contributed by atoms with E-state index in [4.69, 9.17) is 10.8 Å². The number of carbonyl (C=O) groups is 1. The molecule has 0 saturated heterocycles. The van der Waals surface area contributed by atoms with E-state index in [2.05, 4.69) is 5.10 Å². The van der Waals surface area contributed by atoms with Crippen LogP contribution in [-0.2, 0) is 18.0 Å². The molecule has 0 amide bonds. The number of halogens is 3. The Morgan fingerprint density at radius 2 is 2.25 bits per heavy atom. The van der Waals surface area contributed by atoms with Gasteiger partial charge in [-0.25, -0.2) is 0 Å². The molecule has 5 nitrogen and oxygen atoms in total. The second kappa shape index (κ2) is 4.12. The number of aromatic nitrogens is 2. The molecule has 0 saturated carbocycles. The van der Waals surface area contributed by atoms with Gasteiger partial charge < -0.3 is 10.8 Å². The fourth-order valence-corrected chi connectivity index (χ4v) is 1.26. The van der Waals surface area contributed by atoms with Gasteiger partial charge >= 0.3 is 12.1 Å². The molecule has 90 valence electrons. The molecule has 1 heterocycles. The summed E-state index contributed by atoms with van der Waals surface area (Å²) >= 11 is 0. The predicted octanol–water partition coefficient (Wildman–Crippen LogP) is 0.913. The first-order chi connectivity index (χ1) is 7.21. The van der Waals surface area contributed by atoms with E-state index in [1.54, 1.807) is 0 Å². The Bertz CT molecular complexity index is 400. The van der Waals surface area contributed by atoms with Crippen LogP contribution in [0.5, 0.6) is 0 Å². The highest BCUT2D eigenvalue weighted by Crippen LogP contribution is 2.29. The molecule has 16 heavy (non-hydrogen) atoms. The lowest BCUT2D eigenvalue weighted by Gasteiger charge is -2.08. The summed E-state index contributed by atoms with van der Waals surface area (Å²) in [5.41, 5.74) is 4.40. The zero-order chi connectivity index (χ0) is 12.5. The van der Waals surface area contributed by atoms with Crippen LogP contribution in [0.1, 0.15) is 23.9 Å². The average Bonchev–Trinajstić information content (AvgIpc) is 2.44. The van der Waals surface area contributed by atoms with Gasteiger partial charge in [0.1, 0.15) is 0 Å². The van der Waals surface area contributed by atoms with Crippen LogP contribution in [0.15, 0.2) is 6.07 Å². The zero-order valence-corrected chi connectivity index (χ0v) is 8.32. The van der Waals surface area contributed by atoms with E-state index in [1.165, 1.54) is 7.05 Å². The number of carboxylic acid groups (broad SMARTS) is 1. The largest absolute Gasteiger partial charge is 0.481 e. The maximum Gasteiger partial charge on any atom is 0.435 e. The van der Waals surface area contributed by atoms with Crippen molar-refractivity contribution in [1.82, 2.24) is 9.78 Å². The first kappa shape index (κ1) is 12.5. The Hall–Kier alpha value is -1.57. The normalized spacial score (nSPS) is 13.8. The summed E-state index contributed by atoms with van der Waals surface area (Å²) in [6.45, 7) is 0. The van der Waals surface area contributed by atoms with Gasteiger partial charge in [0.15, 0.2) is 5.69 Å². The van der Waals surface area contributed by atoms with Crippen molar-refractivity contribution in [3.63, 3.8) is 0 Å². The lowest BCUT2D eigenvalue weighted by molar-refractivity contribution is -0.141. The molecule has 0 aliphatic rings. The Kier molecular flexibility index (Phi) is 3.22. The molecule has 1 rings (SSSR count). The van der Waals surface area contributed by atoms with E-state index in [0.717, 1.165) is 10.7 Å². The molecular formula is C8H10F3N3O2. The van der Waals surface area contributed by atoms with E-state index < -0.39 is 30.3 Å². The molecule has 3 N–H and O–H groups in total. The molecule has 0 bridgehead atoms. The van der Waals surface area contributed by atoms with E-state index in [9.17, 15) is 18.0 Å². The summed E-state index contributed by atoms with van der Waals surface area (Å²) in [4.78, 5) is 10.4. The molecule has 1 unspecified atom stereocenters. The molecular weight excluding hydrogens is 227 g/mol. The van der Waals surface area contributed by atoms with Gasteiger partial charge in [-0.1, -0.05) is 0 Å². The highest BCUT2D eigenvalue weighted by molar-refractivity contribution is 5.67. The molecule has 0 spiro atoms. The van der Waals surface area contributed by atoms with Crippen LogP contribution in [0.4, 0.5) is 13.2 Å². The molecule has 0 radical (unpaired) electrons. The lowest BCUT2D eigenvalue weighted by atomic mass is 10.1. The summed E-state index contributed by atoms with van der Waals surface area (Å²) in [7, 11) is 1.28. The van der Waals surface area contributed by atoms with Gasteiger partial charge in [0.25, 0.3) is 0 Å². The van der Waals surface area contributed by atoms with Crippen LogP contribution in [0.2, 0.25) is 0 Å². The van der Waals surface area contributed by atoms with E-state index >= 15 is 0 Å². The Morgan fingerprint density at radius 3 is 2.62 bits per heavy atom. The third kappa shape index (κ3) is 2.72. The van der Waals surface area contributed by atoms with Gasteiger partial charge in [-0.3, -0.25) is 9.48 Å². The van der Waals surface area contributed by atoms with Crippen LogP contribution in [0.3, 0.4) is 0 Å². The molecule has 1 aromatic heterocycles. The van der Waals surface area contributed by atoms with Crippen molar-refractivity contribution in [3.8, 4) is 0 Å². The molecule has 0 aromatic carbocycles. The fourth-order valence-electron chi connectivity index (χ4n) is 1.26. The number of hydrogen-bond donors (Lipinski definition) is 2. The number of hydrogen-bond acceptors (Lipinski definition) is 3. The van der Waals surface area contributed by atoms with Gasteiger partial charge in [-0.15, -0.1) is 0 Å². The SMILES string of the molecule is Cn1nc(C(F)(F)F)cc1C(N)CC(=O)O. The van der Waals surface area contributed by atoms with Gasteiger partial charge in [0, 0.05) is 7.05 Å². The fraction of sp³-hybridized carbons (Fsp3) is 0.500. The number of carboxylic acids is 1. The average molecular weight is 237 g/mol. The summed E-state index contributed by atoms with van der Waals surface area (Å²) < 4.78 is 37.8. The topological polar surface area (TPSA) is 81.1 Å². The van der Waals surface area contributed by atoms with Gasteiger partial charge in [0.2, 0.25) is 0 Å². The summed E-state index contributed by atoms with van der Waals surface area (Å²) in [6.07, 6.45) is -5.00. The maximum atomic E-state index is 12.3. The second-order valence-corrected chi connectivity index (χ2v) is 3.28. The molecule has 0 aliphatic heterocycles. The van der Waals surface area contributed by atoms with Crippen molar-refractivity contribution in [2.24, 2.45) is 12.8 Å². The summed E-state index contributed by atoms with van der Waals surface area (Å²) in [5, 5.41) is 11.7. The summed E-state index contributed by atoms with van der Waals surface area (Å²) in [6, 6.07) is -0.251. The number of nitrogens with zero attached hydrogens (tertiary/aromatic N) is 2. The second-order valence-electron chi connectivity index (χ2n) is 3.28. The third-order valence-corrected chi connectivity index (χ3v) is 1.98. The van der Waals surface area contributed by atoms with Gasteiger partial charge in [-0.05, 0) is 6.07 Å². The molecule has 1 aromatic rings. The predicted molar refractivity (Wildman–Crippen MR) is 47.4 cm³/mol. The van der Waals surface area contributed by atoms with Crippen LogP contribution in [0.25, 0.3) is 0 Å². The number of aliphatic carboxylic acids is 1. The Morgan fingerprint density at radius 1 is 1.69 bits per heavy atom. The van der Waals surface area contributed by atoms with Gasteiger partial charge in [0.05, 0.1) is 18.2 Å². The number of nitrogens with two attached hydrogens (primary N) is 1. The van der Waals surface area contributed by atoms with Crippen molar-refractivity contribution in [3.05, 3.63) is 17.5 Å². The van der Waals surface area contributed by atoms with Crippen LogP contribution >= 0.6 is 0 Å². The van der Waals surface area contributed by atoms with E-state index in [-0.39, 0.29) is 5.69 Å².